The zero-order valence-electron chi connectivity index (χ0n) is 8.40. The van der Waals surface area contributed by atoms with E-state index in [9.17, 15) is 9.90 Å². The van der Waals surface area contributed by atoms with Gasteiger partial charge in [-0.25, -0.2) is 4.79 Å². The van der Waals surface area contributed by atoms with Gasteiger partial charge in [0.15, 0.2) is 0 Å². The quantitative estimate of drug-likeness (QED) is 0.636. The minimum atomic E-state index is -0.503. The molecule has 0 unspecified atom stereocenters. The highest BCUT2D eigenvalue weighted by Gasteiger charge is 2.22. The molecule has 0 amide bonds. The normalized spacial score (nSPS) is 17.5. The summed E-state index contributed by atoms with van der Waals surface area (Å²) in [5.41, 5.74) is 1.40. The highest BCUT2D eigenvalue weighted by Crippen LogP contribution is 2.25. The Balaban J connectivity index is 2.46. The standard InChI is InChI=1S/C11H8BrNO3/c1-6-9(11(15)16-13-6)5-7-4-8(12)2-3-10(7)14/h2-5,14H,1H3/b9-5-. The fourth-order valence-corrected chi connectivity index (χ4v) is 1.69. The zero-order valence-corrected chi connectivity index (χ0v) is 9.98. The van der Waals surface area contributed by atoms with E-state index in [1.165, 1.54) is 0 Å². The largest absolute Gasteiger partial charge is 0.507 e. The lowest BCUT2D eigenvalue weighted by Gasteiger charge is -2.00. The lowest BCUT2D eigenvalue weighted by atomic mass is 10.1. The summed E-state index contributed by atoms with van der Waals surface area (Å²) in [6.45, 7) is 1.67. The number of rotatable bonds is 1. The number of halogens is 1. The molecule has 0 spiro atoms. The first-order valence-corrected chi connectivity index (χ1v) is 5.34. The third-order valence-electron chi connectivity index (χ3n) is 2.16. The smallest absolute Gasteiger partial charge is 0.367 e. The van der Waals surface area contributed by atoms with E-state index in [0.717, 1.165) is 4.47 Å². The Morgan fingerprint density at radius 2 is 2.25 bits per heavy atom. The Kier molecular flexibility index (Phi) is 2.78. The van der Waals surface area contributed by atoms with Crippen molar-refractivity contribution in [1.82, 2.24) is 0 Å². The molecule has 1 aromatic carbocycles. The molecule has 82 valence electrons. The maximum Gasteiger partial charge on any atom is 0.367 e. The van der Waals surface area contributed by atoms with Crippen LogP contribution in [0.1, 0.15) is 12.5 Å². The molecule has 0 fully saturated rings. The maximum absolute atomic E-state index is 11.3. The summed E-state index contributed by atoms with van der Waals surface area (Å²) in [5, 5.41) is 13.2. The minimum Gasteiger partial charge on any atom is -0.507 e. The van der Waals surface area contributed by atoms with Gasteiger partial charge in [0.2, 0.25) is 0 Å². The zero-order chi connectivity index (χ0) is 11.7. The van der Waals surface area contributed by atoms with Gasteiger partial charge >= 0.3 is 5.97 Å². The van der Waals surface area contributed by atoms with Crippen LogP contribution in [0.15, 0.2) is 33.4 Å². The molecule has 16 heavy (non-hydrogen) atoms. The van der Waals surface area contributed by atoms with Crippen LogP contribution in [0.3, 0.4) is 0 Å². The van der Waals surface area contributed by atoms with Crippen molar-refractivity contribution in [2.75, 3.05) is 0 Å². The number of nitrogens with zero attached hydrogens (tertiary/aromatic N) is 1. The number of carbonyl (C=O) groups excluding carboxylic acids is 1. The molecule has 0 bridgehead atoms. The van der Waals surface area contributed by atoms with Gasteiger partial charge in [0.1, 0.15) is 5.75 Å². The van der Waals surface area contributed by atoms with Gasteiger partial charge in [-0.3, -0.25) is 0 Å². The summed E-state index contributed by atoms with van der Waals surface area (Å²) in [7, 11) is 0. The van der Waals surface area contributed by atoms with Crippen LogP contribution in [-0.2, 0) is 9.63 Å². The topological polar surface area (TPSA) is 58.9 Å². The van der Waals surface area contributed by atoms with Gasteiger partial charge < -0.3 is 9.94 Å². The summed E-state index contributed by atoms with van der Waals surface area (Å²) >= 11 is 3.29. The van der Waals surface area contributed by atoms with E-state index >= 15 is 0 Å². The Morgan fingerprint density at radius 1 is 1.50 bits per heavy atom. The molecule has 1 heterocycles. The van der Waals surface area contributed by atoms with Gasteiger partial charge in [-0.2, -0.15) is 0 Å². The number of benzene rings is 1. The molecular formula is C11H8BrNO3. The Labute approximate surface area is 100 Å². The summed E-state index contributed by atoms with van der Waals surface area (Å²) in [5.74, 6) is -0.403. The van der Waals surface area contributed by atoms with Crippen molar-refractivity contribution >= 4 is 33.7 Å². The Hall–Kier alpha value is -1.62. The van der Waals surface area contributed by atoms with E-state index in [4.69, 9.17) is 0 Å². The highest BCUT2D eigenvalue weighted by atomic mass is 79.9. The van der Waals surface area contributed by atoms with Crippen molar-refractivity contribution in [2.45, 2.75) is 6.92 Å². The van der Waals surface area contributed by atoms with Crippen molar-refractivity contribution in [1.29, 1.82) is 0 Å². The molecule has 1 aromatic rings. The fraction of sp³-hybridized carbons (Fsp3) is 0.0909. The Bertz CT molecular complexity index is 520. The van der Waals surface area contributed by atoms with Crippen molar-refractivity contribution in [3.8, 4) is 5.75 Å². The van der Waals surface area contributed by atoms with Crippen LogP contribution >= 0.6 is 15.9 Å². The molecule has 1 N–H and O–H groups in total. The molecular weight excluding hydrogens is 274 g/mol. The molecule has 0 saturated heterocycles. The fourth-order valence-electron chi connectivity index (χ4n) is 1.32. The average Bonchev–Trinajstić information content (AvgIpc) is 2.55. The number of oxime groups is 1. The van der Waals surface area contributed by atoms with E-state index < -0.39 is 5.97 Å². The molecule has 5 heteroatoms. The summed E-state index contributed by atoms with van der Waals surface area (Å²) in [6.07, 6.45) is 1.55. The van der Waals surface area contributed by atoms with E-state index in [0.29, 0.717) is 16.8 Å². The van der Waals surface area contributed by atoms with Crippen LogP contribution in [0, 0.1) is 0 Å². The number of phenols is 1. The average molecular weight is 282 g/mol. The first kappa shape index (κ1) is 10.9. The van der Waals surface area contributed by atoms with Gasteiger partial charge in [0.05, 0.1) is 11.3 Å². The Morgan fingerprint density at radius 3 is 2.88 bits per heavy atom. The number of hydrogen-bond acceptors (Lipinski definition) is 4. The van der Waals surface area contributed by atoms with Crippen LogP contribution in [0.25, 0.3) is 6.08 Å². The molecule has 2 rings (SSSR count). The summed E-state index contributed by atoms with van der Waals surface area (Å²) < 4.78 is 0.818. The van der Waals surface area contributed by atoms with E-state index in [1.807, 2.05) is 0 Å². The molecule has 0 atom stereocenters. The van der Waals surface area contributed by atoms with Crippen molar-refractivity contribution in [3.63, 3.8) is 0 Å². The van der Waals surface area contributed by atoms with Crippen LogP contribution in [0.2, 0.25) is 0 Å². The second-order valence-corrected chi connectivity index (χ2v) is 4.23. The first-order chi connectivity index (χ1) is 7.58. The SMILES string of the molecule is CC1=NOC(=O)/C1=C\c1cc(Br)ccc1O. The van der Waals surface area contributed by atoms with Gasteiger partial charge in [-0.05, 0) is 31.2 Å². The van der Waals surface area contributed by atoms with Gasteiger partial charge in [0.25, 0.3) is 0 Å². The number of aromatic hydroxyl groups is 1. The first-order valence-electron chi connectivity index (χ1n) is 4.54. The predicted octanol–water partition coefficient (Wildman–Crippen LogP) is 2.47. The summed E-state index contributed by atoms with van der Waals surface area (Å²) in [4.78, 5) is 15.8. The van der Waals surface area contributed by atoms with E-state index in [-0.39, 0.29) is 5.75 Å². The van der Waals surface area contributed by atoms with Gasteiger partial charge in [-0.1, -0.05) is 21.1 Å². The maximum atomic E-state index is 11.3. The third kappa shape index (κ3) is 1.99. The molecule has 1 aliphatic heterocycles. The molecule has 1 aliphatic rings. The van der Waals surface area contributed by atoms with E-state index in [2.05, 4.69) is 25.9 Å². The third-order valence-corrected chi connectivity index (χ3v) is 2.66. The minimum absolute atomic E-state index is 0.100. The monoisotopic (exact) mass is 281 g/mol. The molecule has 4 nitrogen and oxygen atoms in total. The molecule has 0 aromatic heterocycles. The highest BCUT2D eigenvalue weighted by molar-refractivity contribution is 9.10. The lowest BCUT2D eigenvalue weighted by Crippen LogP contribution is -2.01. The lowest BCUT2D eigenvalue weighted by molar-refractivity contribution is -0.136. The number of phenolic OH excluding ortho intramolecular Hbond substituents is 1. The van der Waals surface area contributed by atoms with Gasteiger partial charge in [0, 0.05) is 10.0 Å². The molecule has 0 radical (unpaired) electrons. The van der Waals surface area contributed by atoms with Crippen molar-refractivity contribution in [2.24, 2.45) is 5.16 Å². The number of hydrogen-bond donors (Lipinski definition) is 1. The van der Waals surface area contributed by atoms with Crippen molar-refractivity contribution in [3.05, 3.63) is 33.8 Å². The van der Waals surface area contributed by atoms with Crippen LogP contribution in [-0.4, -0.2) is 16.8 Å². The van der Waals surface area contributed by atoms with E-state index in [1.54, 1.807) is 31.2 Å². The molecule has 0 saturated carbocycles. The number of carbonyl (C=O) groups is 1. The second kappa shape index (κ2) is 4.09. The second-order valence-electron chi connectivity index (χ2n) is 3.32. The molecule has 0 aliphatic carbocycles. The van der Waals surface area contributed by atoms with Crippen molar-refractivity contribution < 1.29 is 14.7 Å². The summed E-state index contributed by atoms with van der Waals surface area (Å²) in [6, 6.07) is 4.97. The predicted molar refractivity (Wildman–Crippen MR) is 63.0 cm³/mol. The van der Waals surface area contributed by atoms with Crippen LogP contribution < -0.4 is 0 Å². The van der Waals surface area contributed by atoms with Crippen LogP contribution in [0.5, 0.6) is 5.75 Å². The van der Waals surface area contributed by atoms with Gasteiger partial charge in [-0.15, -0.1) is 0 Å². The van der Waals surface area contributed by atoms with Crippen LogP contribution in [0.4, 0.5) is 0 Å².